The van der Waals surface area contributed by atoms with Gasteiger partial charge in [0.25, 0.3) is 0 Å². The summed E-state index contributed by atoms with van der Waals surface area (Å²) >= 11 is 4.59. The molecule has 0 aromatic heterocycles. The Labute approximate surface area is 50.9 Å². The molecule has 0 nitrogen and oxygen atoms in total. The van der Waals surface area contributed by atoms with Gasteiger partial charge in [0.05, 0.1) is 0 Å². The summed E-state index contributed by atoms with van der Waals surface area (Å²) in [5.41, 5.74) is 0. The molecular weight excluding hydrogens is 104 g/mol. The van der Waals surface area contributed by atoms with E-state index < -0.39 is 0 Å². The van der Waals surface area contributed by atoms with Crippen LogP contribution in [0.3, 0.4) is 0 Å². The van der Waals surface area contributed by atoms with Crippen LogP contribution in [-0.2, 0) is 0 Å². The molecule has 0 aliphatic carbocycles. The quantitative estimate of drug-likeness (QED) is 0.508. The molecule has 1 radical (unpaired) electrons. The Morgan fingerprint density at radius 3 is 2.43 bits per heavy atom. The van der Waals surface area contributed by atoms with Crippen molar-refractivity contribution in [2.45, 2.75) is 26.7 Å². The van der Waals surface area contributed by atoms with Crippen LogP contribution in [0.4, 0.5) is 0 Å². The van der Waals surface area contributed by atoms with E-state index in [-0.39, 0.29) is 0 Å². The summed E-state index contributed by atoms with van der Waals surface area (Å²) in [4.78, 5) is 0. The molecule has 1 heteroatoms. The van der Waals surface area contributed by atoms with E-state index in [1.54, 1.807) is 0 Å². The van der Waals surface area contributed by atoms with E-state index >= 15 is 0 Å². The number of thiocarbonyl (C=S) groups is 1. The second-order valence-electron chi connectivity index (χ2n) is 1.81. The van der Waals surface area contributed by atoms with Crippen molar-refractivity contribution < 1.29 is 0 Å². The molecule has 7 heavy (non-hydrogen) atoms. The molecule has 0 saturated heterocycles. The van der Waals surface area contributed by atoms with Crippen molar-refractivity contribution in [3.8, 4) is 0 Å². The van der Waals surface area contributed by atoms with Crippen LogP contribution >= 0.6 is 12.2 Å². The van der Waals surface area contributed by atoms with E-state index in [0.29, 0.717) is 5.92 Å². The Kier molecular flexibility index (Phi) is 4.31. The summed E-state index contributed by atoms with van der Waals surface area (Å²) in [7, 11) is 0. The standard InChI is InChI=1S/C6H11S/c1-3-4-6(2)5-7/h6H,3-4H2,1-2H3. The summed E-state index contributed by atoms with van der Waals surface area (Å²) in [6.07, 6.45) is 2.40. The second kappa shape index (κ2) is 4.25. The van der Waals surface area contributed by atoms with E-state index in [2.05, 4.69) is 31.4 Å². The first-order valence-electron chi connectivity index (χ1n) is 2.69. The van der Waals surface area contributed by atoms with Crippen LogP contribution in [0, 0.1) is 5.92 Å². The molecule has 0 saturated carbocycles. The van der Waals surface area contributed by atoms with Crippen LogP contribution in [0.2, 0.25) is 0 Å². The molecule has 0 aromatic carbocycles. The maximum Gasteiger partial charge on any atom is 0.0322 e. The molecule has 0 rings (SSSR count). The minimum atomic E-state index is 0.514. The Balaban J connectivity index is 2.98. The minimum Gasteiger partial charge on any atom is -0.0834 e. The average molecular weight is 115 g/mol. The minimum absolute atomic E-state index is 0.514. The Morgan fingerprint density at radius 1 is 1.71 bits per heavy atom. The first-order valence-corrected chi connectivity index (χ1v) is 3.09. The van der Waals surface area contributed by atoms with Gasteiger partial charge in [-0.3, -0.25) is 0 Å². The highest BCUT2D eigenvalue weighted by Crippen LogP contribution is 1.99. The molecule has 0 spiro atoms. The molecule has 0 bridgehead atoms. The molecule has 1 unspecified atom stereocenters. The van der Waals surface area contributed by atoms with Gasteiger partial charge in [0.1, 0.15) is 0 Å². The van der Waals surface area contributed by atoms with Crippen molar-refractivity contribution in [3.05, 3.63) is 0 Å². The smallest absolute Gasteiger partial charge is 0.0322 e. The van der Waals surface area contributed by atoms with E-state index in [1.165, 1.54) is 12.8 Å². The maximum atomic E-state index is 4.59. The highest BCUT2D eigenvalue weighted by Gasteiger charge is 1.91. The van der Waals surface area contributed by atoms with Gasteiger partial charge in [-0.05, 0) is 12.3 Å². The molecule has 0 amide bonds. The zero-order valence-corrected chi connectivity index (χ0v) is 5.72. The highest BCUT2D eigenvalue weighted by molar-refractivity contribution is 7.79. The van der Waals surface area contributed by atoms with Gasteiger partial charge >= 0.3 is 0 Å². The number of rotatable bonds is 3. The van der Waals surface area contributed by atoms with Crippen LogP contribution in [0.5, 0.6) is 0 Å². The summed E-state index contributed by atoms with van der Waals surface area (Å²) in [5, 5.41) is 2.75. The molecule has 41 valence electrons. The summed E-state index contributed by atoms with van der Waals surface area (Å²) in [5.74, 6) is 0.514. The fourth-order valence-corrected chi connectivity index (χ4v) is 0.610. The summed E-state index contributed by atoms with van der Waals surface area (Å²) in [6.45, 7) is 4.25. The van der Waals surface area contributed by atoms with Gasteiger partial charge < -0.3 is 0 Å². The Morgan fingerprint density at radius 2 is 2.29 bits per heavy atom. The number of hydrogen-bond acceptors (Lipinski definition) is 1. The maximum absolute atomic E-state index is 4.59. The van der Waals surface area contributed by atoms with Crippen molar-refractivity contribution >= 4 is 17.6 Å². The largest absolute Gasteiger partial charge is 0.0834 e. The second-order valence-corrected chi connectivity index (χ2v) is 2.04. The third-order valence-electron chi connectivity index (χ3n) is 0.923. The first-order chi connectivity index (χ1) is 3.31. The SMILES string of the molecule is CCCC(C)[C]=S. The van der Waals surface area contributed by atoms with E-state index in [9.17, 15) is 0 Å². The highest BCUT2D eigenvalue weighted by atomic mass is 32.1. The molecule has 0 aliphatic heterocycles. The van der Waals surface area contributed by atoms with E-state index in [1.807, 2.05) is 0 Å². The van der Waals surface area contributed by atoms with Crippen LogP contribution in [-0.4, -0.2) is 5.37 Å². The molecule has 0 aromatic rings. The van der Waals surface area contributed by atoms with Crippen LogP contribution in [0.25, 0.3) is 0 Å². The fourth-order valence-electron chi connectivity index (χ4n) is 0.492. The fraction of sp³-hybridized carbons (Fsp3) is 0.833. The van der Waals surface area contributed by atoms with Crippen molar-refractivity contribution in [3.63, 3.8) is 0 Å². The van der Waals surface area contributed by atoms with Gasteiger partial charge in [-0.25, -0.2) is 0 Å². The molecule has 0 N–H and O–H groups in total. The van der Waals surface area contributed by atoms with Crippen molar-refractivity contribution in [2.24, 2.45) is 5.92 Å². The lowest BCUT2D eigenvalue weighted by molar-refractivity contribution is 0.683. The molecule has 0 heterocycles. The van der Waals surface area contributed by atoms with Crippen LogP contribution in [0.1, 0.15) is 26.7 Å². The lowest BCUT2D eigenvalue weighted by Crippen LogP contribution is -1.90. The van der Waals surface area contributed by atoms with Crippen molar-refractivity contribution in [1.82, 2.24) is 0 Å². The van der Waals surface area contributed by atoms with Gasteiger partial charge in [-0.15, -0.1) is 0 Å². The zero-order valence-electron chi connectivity index (χ0n) is 4.90. The lowest BCUT2D eigenvalue weighted by Gasteiger charge is -1.96. The first kappa shape index (κ1) is 7.09. The van der Waals surface area contributed by atoms with Crippen molar-refractivity contribution in [1.29, 1.82) is 0 Å². The zero-order chi connectivity index (χ0) is 5.70. The Hall–Kier alpha value is 0.0900. The molecule has 0 fully saturated rings. The van der Waals surface area contributed by atoms with Crippen LogP contribution in [0.15, 0.2) is 0 Å². The van der Waals surface area contributed by atoms with E-state index in [0.717, 1.165) is 0 Å². The van der Waals surface area contributed by atoms with Gasteiger partial charge in [-0.1, -0.05) is 32.5 Å². The summed E-state index contributed by atoms with van der Waals surface area (Å²) < 4.78 is 0. The summed E-state index contributed by atoms with van der Waals surface area (Å²) in [6, 6.07) is 0. The molecule has 1 atom stereocenters. The average Bonchev–Trinajstić information content (AvgIpc) is 1.68. The third-order valence-corrected chi connectivity index (χ3v) is 1.33. The van der Waals surface area contributed by atoms with Gasteiger partial charge in [-0.2, -0.15) is 0 Å². The van der Waals surface area contributed by atoms with Gasteiger partial charge in [0, 0.05) is 5.37 Å². The predicted molar refractivity (Wildman–Crippen MR) is 36.7 cm³/mol. The van der Waals surface area contributed by atoms with Gasteiger partial charge in [0.2, 0.25) is 0 Å². The lowest BCUT2D eigenvalue weighted by atomic mass is 10.1. The van der Waals surface area contributed by atoms with Crippen molar-refractivity contribution in [2.75, 3.05) is 0 Å². The normalized spacial score (nSPS) is 13.4. The predicted octanol–water partition coefficient (Wildman–Crippen LogP) is 2.30. The number of hydrogen-bond donors (Lipinski definition) is 0. The van der Waals surface area contributed by atoms with Crippen LogP contribution < -0.4 is 0 Å². The Bertz CT molecular complexity index is 50.1. The monoisotopic (exact) mass is 115 g/mol. The van der Waals surface area contributed by atoms with E-state index in [4.69, 9.17) is 0 Å². The topological polar surface area (TPSA) is 0 Å². The third kappa shape index (κ3) is 3.93. The molecular formula is C6H11S. The van der Waals surface area contributed by atoms with Gasteiger partial charge in [0.15, 0.2) is 0 Å². The molecule has 0 aliphatic rings.